The van der Waals surface area contributed by atoms with Crippen LogP contribution in [0.5, 0.6) is 0 Å². The lowest BCUT2D eigenvalue weighted by Crippen LogP contribution is -2.31. The smallest absolute Gasteiger partial charge is 0.338 e. The first kappa shape index (κ1) is 18.2. The number of hydrogen-bond donors (Lipinski definition) is 0. The van der Waals surface area contributed by atoms with Gasteiger partial charge in [0.25, 0.3) is 11.8 Å². The molecule has 0 spiro atoms. The number of nitrogens with zero attached hydrogens (tertiary/aromatic N) is 1. The second kappa shape index (κ2) is 6.61. The number of amides is 2. The lowest BCUT2D eigenvalue weighted by molar-refractivity contribution is 0.0485. The second-order valence-corrected chi connectivity index (χ2v) is 8.51. The number of carbonyl (C=O) groups excluding carboxylic acids is 3. The van der Waals surface area contributed by atoms with Crippen LogP contribution in [0.2, 0.25) is 0 Å². The van der Waals surface area contributed by atoms with Crippen LogP contribution in [0.3, 0.4) is 0 Å². The maximum absolute atomic E-state index is 12.5. The number of benzene rings is 1. The first-order valence-corrected chi connectivity index (χ1v) is 9.01. The van der Waals surface area contributed by atoms with Gasteiger partial charge in [0, 0.05) is 12.5 Å². The minimum atomic E-state index is -0.808. The predicted octanol–water partition coefficient (Wildman–Crippen LogP) is 3.68. The third-order valence-corrected chi connectivity index (χ3v) is 5.43. The number of ether oxygens (including phenoxy) is 1. The van der Waals surface area contributed by atoms with Crippen molar-refractivity contribution in [1.82, 2.24) is 4.90 Å². The molecule has 2 amide bonds. The monoisotopic (exact) mass is 383 g/mol. The highest BCUT2D eigenvalue weighted by molar-refractivity contribution is 6.50. The van der Waals surface area contributed by atoms with Gasteiger partial charge in [0.2, 0.25) is 0 Å². The fraction of sp³-hybridized carbons (Fsp3) is 0.500. The Bertz CT molecular complexity index is 745. The van der Waals surface area contributed by atoms with E-state index >= 15 is 0 Å². The Morgan fingerprint density at radius 3 is 2.52 bits per heavy atom. The molecule has 7 heteroatoms. The number of halogens is 2. The average Bonchev–Trinajstić information content (AvgIpc) is 3.10. The third-order valence-electron chi connectivity index (χ3n) is 4.51. The van der Waals surface area contributed by atoms with Gasteiger partial charge in [-0.3, -0.25) is 14.5 Å². The van der Waals surface area contributed by atoms with E-state index in [2.05, 4.69) is 0 Å². The Morgan fingerprint density at radius 2 is 1.92 bits per heavy atom. The van der Waals surface area contributed by atoms with Crippen LogP contribution in [-0.4, -0.2) is 40.2 Å². The van der Waals surface area contributed by atoms with E-state index in [-0.39, 0.29) is 35.5 Å². The van der Waals surface area contributed by atoms with Gasteiger partial charge in [0.05, 0.1) is 23.3 Å². The molecule has 1 saturated carbocycles. The molecule has 1 atom stereocenters. The van der Waals surface area contributed by atoms with E-state index < -0.39 is 10.3 Å². The number of fused-ring (bicyclic) bond motifs is 1. The molecule has 0 bridgehead atoms. The molecule has 1 heterocycles. The van der Waals surface area contributed by atoms with Crippen LogP contribution >= 0.6 is 23.2 Å². The minimum absolute atomic E-state index is 0.0658. The highest BCUT2D eigenvalue weighted by Crippen LogP contribution is 2.53. The fourth-order valence-electron chi connectivity index (χ4n) is 2.72. The molecule has 1 aromatic carbocycles. The van der Waals surface area contributed by atoms with E-state index in [1.807, 2.05) is 13.8 Å². The molecule has 0 saturated heterocycles. The molecule has 1 fully saturated rings. The summed E-state index contributed by atoms with van der Waals surface area (Å²) < 4.78 is 4.39. The molecule has 134 valence electrons. The van der Waals surface area contributed by atoms with Crippen LogP contribution in [0.25, 0.3) is 0 Å². The van der Waals surface area contributed by atoms with E-state index in [1.54, 1.807) is 0 Å². The Balaban J connectivity index is 1.70. The summed E-state index contributed by atoms with van der Waals surface area (Å²) in [5.74, 6) is -0.914. The van der Waals surface area contributed by atoms with Crippen molar-refractivity contribution in [2.24, 2.45) is 11.8 Å². The van der Waals surface area contributed by atoms with Gasteiger partial charge < -0.3 is 4.74 Å². The number of alkyl halides is 2. The Hall–Kier alpha value is -1.59. The number of imide groups is 1. The first-order valence-electron chi connectivity index (χ1n) is 8.26. The summed E-state index contributed by atoms with van der Waals surface area (Å²) >= 11 is 11.8. The zero-order valence-corrected chi connectivity index (χ0v) is 15.6. The standard InChI is InChI=1S/C18H19Cl2NO4/c1-10(2)5-6-21-15(22)13-4-3-11(7-14(13)16(21)23)17(24)25-9-12-8-18(12,19)20/h3-4,7,10,12H,5-6,8-9H2,1-2H3/t12-/m1/s1. The molecule has 0 unspecified atom stereocenters. The minimum Gasteiger partial charge on any atom is -0.462 e. The zero-order chi connectivity index (χ0) is 18.4. The summed E-state index contributed by atoms with van der Waals surface area (Å²) in [6.45, 7) is 4.57. The molecule has 1 aliphatic carbocycles. The van der Waals surface area contributed by atoms with Crippen molar-refractivity contribution in [3.05, 3.63) is 34.9 Å². The topological polar surface area (TPSA) is 63.7 Å². The Kier molecular flexibility index (Phi) is 4.82. The molecule has 0 N–H and O–H groups in total. The van der Waals surface area contributed by atoms with Crippen molar-refractivity contribution in [2.45, 2.75) is 31.0 Å². The van der Waals surface area contributed by atoms with Gasteiger partial charge in [-0.2, -0.15) is 0 Å². The van der Waals surface area contributed by atoms with Crippen LogP contribution < -0.4 is 0 Å². The van der Waals surface area contributed by atoms with Gasteiger partial charge >= 0.3 is 5.97 Å². The number of esters is 1. The van der Waals surface area contributed by atoms with Gasteiger partial charge in [-0.15, -0.1) is 23.2 Å². The summed E-state index contributed by atoms with van der Waals surface area (Å²) in [5.41, 5.74) is 0.813. The molecule has 3 rings (SSSR count). The van der Waals surface area contributed by atoms with Gasteiger partial charge in [-0.1, -0.05) is 13.8 Å². The molecule has 1 aromatic rings. The number of hydrogen-bond acceptors (Lipinski definition) is 4. The van der Waals surface area contributed by atoms with Crippen molar-refractivity contribution in [3.8, 4) is 0 Å². The van der Waals surface area contributed by atoms with Crippen LogP contribution in [-0.2, 0) is 4.74 Å². The van der Waals surface area contributed by atoms with Crippen molar-refractivity contribution in [2.75, 3.05) is 13.2 Å². The lowest BCUT2D eigenvalue weighted by atomic mass is 10.1. The maximum atomic E-state index is 12.5. The summed E-state index contributed by atoms with van der Waals surface area (Å²) in [7, 11) is 0. The van der Waals surface area contributed by atoms with Gasteiger partial charge in [-0.25, -0.2) is 4.79 Å². The number of rotatable bonds is 6. The summed E-state index contributed by atoms with van der Waals surface area (Å²) in [6.07, 6.45) is 1.33. The SMILES string of the molecule is CC(C)CCN1C(=O)c2ccc(C(=O)OC[C@H]3CC3(Cl)Cl)cc2C1=O. The van der Waals surface area contributed by atoms with E-state index in [0.29, 0.717) is 24.4 Å². The van der Waals surface area contributed by atoms with Crippen molar-refractivity contribution in [1.29, 1.82) is 0 Å². The molecule has 0 radical (unpaired) electrons. The predicted molar refractivity (Wildman–Crippen MR) is 94.1 cm³/mol. The van der Waals surface area contributed by atoms with Crippen molar-refractivity contribution in [3.63, 3.8) is 0 Å². The van der Waals surface area contributed by atoms with E-state index in [0.717, 1.165) is 6.42 Å². The highest BCUT2D eigenvalue weighted by atomic mass is 35.5. The van der Waals surface area contributed by atoms with E-state index in [4.69, 9.17) is 27.9 Å². The van der Waals surface area contributed by atoms with E-state index in [9.17, 15) is 14.4 Å². The molecule has 0 aromatic heterocycles. The normalized spacial score (nSPS) is 20.8. The molecule has 5 nitrogen and oxygen atoms in total. The molecule has 1 aliphatic heterocycles. The average molecular weight is 384 g/mol. The molecular weight excluding hydrogens is 365 g/mol. The third kappa shape index (κ3) is 3.67. The zero-order valence-electron chi connectivity index (χ0n) is 14.1. The summed E-state index contributed by atoms with van der Waals surface area (Å²) in [6, 6.07) is 4.43. The highest BCUT2D eigenvalue weighted by Gasteiger charge is 2.52. The second-order valence-electron chi connectivity index (χ2n) is 6.97. The quantitative estimate of drug-likeness (QED) is 0.427. The van der Waals surface area contributed by atoms with Crippen LogP contribution in [0.4, 0.5) is 0 Å². The fourth-order valence-corrected chi connectivity index (χ4v) is 3.22. The summed E-state index contributed by atoms with van der Waals surface area (Å²) in [4.78, 5) is 38.2. The van der Waals surface area contributed by atoms with Crippen molar-refractivity contribution < 1.29 is 19.1 Å². The Morgan fingerprint density at radius 1 is 1.28 bits per heavy atom. The lowest BCUT2D eigenvalue weighted by Gasteiger charge is -2.14. The molecular formula is C18H19Cl2NO4. The van der Waals surface area contributed by atoms with E-state index in [1.165, 1.54) is 23.1 Å². The first-order chi connectivity index (χ1) is 11.7. The van der Waals surface area contributed by atoms with Gasteiger partial charge in [0.15, 0.2) is 0 Å². The summed E-state index contributed by atoms with van der Waals surface area (Å²) in [5, 5.41) is 0. The Labute approximate surface area is 156 Å². The number of carbonyl (C=O) groups is 3. The largest absolute Gasteiger partial charge is 0.462 e. The molecule has 25 heavy (non-hydrogen) atoms. The maximum Gasteiger partial charge on any atom is 0.338 e. The van der Waals surface area contributed by atoms with Crippen molar-refractivity contribution >= 4 is 41.0 Å². The van der Waals surface area contributed by atoms with Crippen LogP contribution in [0, 0.1) is 11.8 Å². The van der Waals surface area contributed by atoms with Crippen LogP contribution in [0.1, 0.15) is 57.8 Å². The van der Waals surface area contributed by atoms with Gasteiger partial charge in [0.1, 0.15) is 4.33 Å². The molecule has 2 aliphatic rings. The van der Waals surface area contributed by atoms with Gasteiger partial charge in [-0.05, 0) is 37.0 Å². The van der Waals surface area contributed by atoms with Crippen LogP contribution in [0.15, 0.2) is 18.2 Å².